The van der Waals surface area contributed by atoms with Gasteiger partial charge >= 0.3 is 29.8 Å². The van der Waals surface area contributed by atoms with Gasteiger partial charge in [-0.25, -0.2) is 0 Å². The summed E-state index contributed by atoms with van der Waals surface area (Å²) < 4.78 is 23.0. The van der Waals surface area contributed by atoms with E-state index < -0.39 is 310 Å². The van der Waals surface area contributed by atoms with Crippen LogP contribution in [0.3, 0.4) is 0 Å². The van der Waals surface area contributed by atoms with Crippen molar-refractivity contribution in [1.82, 2.24) is 72.4 Å². The van der Waals surface area contributed by atoms with Crippen molar-refractivity contribution in [2.45, 2.75) is 156 Å². The van der Waals surface area contributed by atoms with Crippen molar-refractivity contribution in [2.24, 2.45) is 11.1 Å². The highest BCUT2D eigenvalue weighted by Gasteiger charge is 2.34. The molecule has 0 heterocycles. The van der Waals surface area contributed by atoms with Crippen molar-refractivity contribution >= 4 is 165 Å². The number of ketones is 9. The Kier molecular flexibility index (Phi) is 57.2. The first kappa shape index (κ1) is 113. The molecule has 48 nitrogen and oxygen atoms in total. The van der Waals surface area contributed by atoms with E-state index in [-0.39, 0.29) is 125 Å². The molecule has 0 spiro atoms. The molecule has 0 aliphatic rings. The topological polar surface area (TPSA) is 675 Å². The largest absolute Gasteiger partial charge is 0.468 e. The normalized spacial score (nSPS) is 10.5. The summed E-state index contributed by atoms with van der Waals surface area (Å²) in [6.45, 7) is -9.06. The number of nitrogens with two attached hydrogens (primary N) is 1. The third-order valence-corrected chi connectivity index (χ3v) is 18.5. The number of hydrogen-bond donors (Lipinski definition) is 10. The number of carbonyl (C=O) groups is 28. The fraction of sp³-hybridized carbons (Fsp3) is 0.641. The van der Waals surface area contributed by atoms with Crippen LogP contribution in [0.4, 0.5) is 0 Å². The number of carbonyl (C=O) groups excluding carboxylic acids is 28. The van der Waals surface area contributed by atoms with Crippen LogP contribution in [0.2, 0.25) is 0 Å². The van der Waals surface area contributed by atoms with Crippen LogP contribution in [-0.4, -0.2) is 356 Å². The van der Waals surface area contributed by atoms with E-state index in [1.54, 1.807) is 20.8 Å². The zero-order chi connectivity index (χ0) is 95.4. The fourth-order valence-corrected chi connectivity index (χ4v) is 10.8. The molecule has 0 aromatic carbocycles. The quantitative estimate of drug-likeness (QED) is 0.0200. The highest BCUT2D eigenvalue weighted by Crippen LogP contribution is 2.40. The number of esters is 5. The zero-order valence-corrected chi connectivity index (χ0v) is 72.3. The molecule has 0 unspecified atom stereocenters. The van der Waals surface area contributed by atoms with Gasteiger partial charge in [0.15, 0.2) is 52.0 Å². The summed E-state index contributed by atoms with van der Waals surface area (Å²) in [5.41, 5.74) is 4.16. The molecule has 0 aliphatic carbocycles. The second-order valence-electron chi connectivity index (χ2n) is 28.2. The van der Waals surface area contributed by atoms with Gasteiger partial charge in [0.05, 0.1) is 134 Å². The van der Waals surface area contributed by atoms with E-state index >= 15 is 0 Å². The van der Waals surface area contributed by atoms with E-state index in [9.17, 15) is 134 Å². The highest BCUT2D eigenvalue weighted by molar-refractivity contribution is 5.99. The minimum atomic E-state index is -1.04. The van der Waals surface area contributed by atoms with Crippen LogP contribution in [0.5, 0.6) is 0 Å². The molecule has 48 heteroatoms. The van der Waals surface area contributed by atoms with Gasteiger partial charge in [-0.3, -0.25) is 134 Å². The molecule has 126 heavy (non-hydrogen) atoms. The van der Waals surface area contributed by atoms with Crippen LogP contribution in [-0.2, 0) is 158 Å². The number of rotatable bonds is 69. The van der Waals surface area contributed by atoms with Gasteiger partial charge in [-0.2, -0.15) is 0 Å². The second kappa shape index (κ2) is 63.8. The Morgan fingerprint density at radius 3 is 0.548 bits per heavy atom. The average Bonchev–Trinajstić information content (AvgIpc) is 0.848. The number of ether oxygens (including phenoxy) is 5. The molecule has 11 N–H and O–H groups in total. The summed E-state index contributed by atoms with van der Waals surface area (Å²) in [6.07, 6.45) is -5.94. The number of amides is 14. The molecular weight excluding hydrogens is 1670 g/mol. The average molecular weight is 1790 g/mol. The third kappa shape index (κ3) is 53.1. The molecule has 0 saturated carbocycles. The minimum Gasteiger partial charge on any atom is -0.468 e. The number of Topliss-reactive ketones (excluding diaryl/α,β-unsaturated/α-hetero) is 9. The summed E-state index contributed by atoms with van der Waals surface area (Å²) in [5.74, 6) is -21.8. The van der Waals surface area contributed by atoms with E-state index in [1.807, 2.05) is 0 Å². The van der Waals surface area contributed by atoms with Crippen LogP contribution < -0.4 is 53.6 Å². The lowest BCUT2D eigenvalue weighted by atomic mass is 9.70. The van der Waals surface area contributed by atoms with Crippen molar-refractivity contribution in [3.63, 3.8) is 0 Å². The minimum absolute atomic E-state index is 0.00241. The molecule has 0 atom stereocenters. The Hall–Kier alpha value is -13.1. The molecule has 14 amide bonds. The lowest BCUT2D eigenvalue weighted by Crippen LogP contribution is -2.46. The number of methoxy groups -OCH3 is 5. The van der Waals surface area contributed by atoms with Crippen molar-refractivity contribution in [3.05, 3.63) is 0 Å². The predicted octanol–water partition coefficient (Wildman–Crippen LogP) is -7.64. The van der Waals surface area contributed by atoms with Gasteiger partial charge < -0.3 is 102 Å². The van der Waals surface area contributed by atoms with E-state index in [0.29, 0.717) is 19.6 Å². The lowest BCUT2D eigenvalue weighted by molar-refractivity contribution is -0.148. The standard InChI is InChI=1S/C78H117N15O33/c1-9-59(103)80-31-50(94)22-26-78(27-23-51(95)32-81-60(104)10-2,28-24-52(96)33-82-61(105)11-3)29-25-53(97)34-83-62(106)17-12-54(98)40-89(45-73(117)122-4)68(112)35-84-63(107)18-13-55(99)41-90(46-74(118)123-5)69(113)36-85-64(108)19-14-56(100)42-91(47-75(119)124-6)70(114)37-86-65(109)20-15-57(101)43-92(48-76(120)125-7)71(115)38-87-66(110)21-16-58(102)44-93(49-77(121)126-8)72(116)39-88-67(111)30-79/h9-49,79H2,1-8H3,(H,80,103)(H,81,104)(H,82,105)(H,83,106)(H,84,107)(H,85,108)(H,86,109)(H,87,110)(H,88,111). The van der Waals surface area contributed by atoms with E-state index in [1.165, 1.54) is 0 Å². The van der Waals surface area contributed by atoms with Gasteiger partial charge in [-0.15, -0.1) is 0 Å². The summed E-state index contributed by atoms with van der Waals surface area (Å²) >= 11 is 0. The van der Waals surface area contributed by atoms with Gasteiger partial charge in [0, 0.05) is 109 Å². The molecular formula is C78H117N15O33. The monoisotopic (exact) mass is 1790 g/mol. The first-order chi connectivity index (χ1) is 59.5. The first-order valence-electron chi connectivity index (χ1n) is 40.0. The predicted molar refractivity (Wildman–Crippen MR) is 431 cm³/mol. The smallest absolute Gasteiger partial charge is 0.325 e. The van der Waals surface area contributed by atoms with Gasteiger partial charge in [-0.1, -0.05) is 20.8 Å². The number of nitrogens with one attached hydrogen (secondary N) is 9. The van der Waals surface area contributed by atoms with Crippen molar-refractivity contribution in [1.29, 1.82) is 0 Å². The maximum Gasteiger partial charge on any atom is 0.325 e. The molecule has 0 rings (SSSR count). The Labute approximate surface area is 725 Å². The first-order valence-corrected chi connectivity index (χ1v) is 40.0. The van der Waals surface area contributed by atoms with Crippen molar-refractivity contribution in [3.8, 4) is 0 Å². The Bertz CT molecular complexity index is 3830. The summed E-state index contributed by atoms with van der Waals surface area (Å²) in [4.78, 5) is 359. The van der Waals surface area contributed by atoms with E-state index in [4.69, 9.17) is 5.73 Å². The van der Waals surface area contributed by atoms with Gasteiger partial charge in [0.1, 0.15) is 32.7 Å². The Morgan fingerprint density at radius 2 is 0.381 bits per heavy atom. The van der Waals surface area contributed by atoms with E-state index in [0.717, 1.165) is 40.4 Å². The maximum absolute atomic E-state index is 13.4. The maximum atomic E-state index is 13.4. The fourth-order valence-electron chi connectivity index (χ4n) is 10.8. The summed E-state index contributed by atoms with van der Waals surface area (Å²) in [7, 11) is 4.90. The van der Waals surface area contributed by atoms with Gasteiger partial charge in [-0.05, 0) is 31.1 Å². The Morgan fingerprint density at radius 1 is 0.214 bits per heavy atom. The number of nitrogens with zero attached hydrogens (tertiary/aromatic N) is 5. The van der Waals surface area contributed by atoms with Crippen LogP contribution in [0.25, 0.3) is 0 Å². The van der Waals surface area contributed by atoms with E-state index in [2.05, 4.69) is 71.5 Å². The molecule has 0 fully saturated rings. The van der Waals surface area contributed by atoms with Gasteiger partial charge in [0.2, 0.25) is 82.7 Å². The van der Waals surface area contributed by atoms with Crippen molar-refractivity contribution in [2.75, 3.05) is 166 Å². The Balaban J connectivity index is 5.68. The summed E-state index contributed by atoms with van der Waals surface area (Å²) in [5, 5.41) is 20.9. The molecule has 0 bridgehead atoms. The SMILES string of the molecule is CCC(=O)NCC(=O)CCC(CCC(=O)CNC(=O)CC)(CCC(=O)CNC(=O)CC)CCC(=O)CNC(=O)CCC(=O)CN(CC(=O)OC)C(=O)CNC(=O)CCC(=O)CN(CC(=O)OC)C(=O)CNC(=O)CCC(=O)CN(CC(=O)OC)C(=O)CNC(=O)CCC(=O)CN(CC(=O)OC)C(=O)CNC(=O)CCC(=O)CN(CC(=O)OC)C(=O)CNC(=O)CN. The molecule has 0 aromatic heterocycles. The van der Waals surface area contributed by atoms with Gasteiger partial charge in [0.25, 0.3) is 0 Å². The molecule has 0 radical (unpaired) electrons. The molecule has 702 valence electrons. The second-order valence-corrected chi connectivity index (χ2v) is 28.2. The molecule has 0 aliphatic heterocycles. The molecule has 0 saturated heterocycles. The molecule has 0 aromatic rings. The van der Waals surface area contributed by atoms with Crippen LogP contribution in [0, 0.1) is 5.41 Å². The number of hydrogen-bond acceptors (Lipinski definition) is 34. The van der Waals surface area contributed by atoms with Crippen molar-refractivity contribution < 1.29 is 158 Å². The van der Waals surface area contributed by atoms with Crippen LogP contribution in [0.15, 0.2) is 0 Å². The van der Waals surface area contributed by atoms with Crippen LogP contribution >= 0.6 is 0 Å². The zero-order valence-electron chi connectivity index (χ0n) is 72.3. The summed E-state index contributed by atoms with van der Waals surface area (Å²) in [6, 6.07) is 0. The van der Waals surface area contributed by atoms with Crippen LogP contribution in [0.1, 0.15) is 156 Å². The highest BCUT2D eigenvalue weighted by atomic mass is 16.5. The lowest BCUT2D eigenvalue weighted by Gasteiger charge is -2.34. The third-order valence-electron chi connectivity index (χ3n) is 18.5.